The molecule has 0 fully saturated rings. The lowest BCUT2D eigenvalue weighted by atomic mass is 10.2. The maximum Gasteiger partial charge on any atom is 0.336 e. The Balaban J connectivity index is 2.11. The van der Waals surface area contributed by atoms with Crippen LogP contribution < -0.4 is 0 Å². The molecular formula is C12H11NO3S. The van der Waals surface area contributed by atoms with E-state index in [-0.39, 0.29) is 0 Å². The number of rotatable bonds is 4. The molecule has 0 saturated carbocycles. The summed E-state index contributed by atoms with van der Waals surface area (Å²) in [6.07, 6.45) is 0. The lowest BCUT2D eigenvalue weighted by Crippen LogP contribution is -1.98. The second-order valence-electron chi connectivity index (χ2n) is 3.52. The second-order valence-corrected chi connectivity index (χ2v) is 4.54. The first-order chi connectivity index (χ1) is 8.16. The van der Waals surface area contributed by atoms with E-state index in [1.807, 2.05) is 19.1 Å². The number of carbonyl (C=O) groups is 1. The van der Waals surface area contributed by atoms with E-state index in [0.717, 1.165) is 16.3 Å². The molecule has 5 heteroatoms. The molecule has 4 nitrogen and oxygen atoms in total. The number of thioether (sulfide) groups is 1. The van der Waals surface area contributed by atoms with Crippen LogP contribution in [-0.4, -0.2) is 16.2 Å². The fourth-order valence-corrected chi connectivity index (χ4v) is 2.33. The monoisotopic (exact) mass is 249 g/mol. The molecule has 2 aromatic rings. The van der Waals surface area contributed by atoms with Crippen molar-refractivity contribution in [3.63, 3.8) is 0 Å². The highest BCUT2D eigenvalue weighted by Crippen LogP contribution is 2.26. The van der Waals surface area contributed by atoms with Crippen LogP contribution in [0.2, 0.25) is 0 Å². The van der Waals surface area contributed by atoms with E-state index >= 15 is 0 Å². The van der Waals surface area contributed by atoms with Gasteiger partial charge in [0.1, 0.15) is 5.76 Å². The molecule has 1 N–H and O–H groups in total. The minimum Gasteiger partial charge on any atom is -0.478 e. The predicted octanol–water partition coefficient (Wildman–Crippen LogP) is 2.97. The largest absolute Gasteiger partial charge is 0.478 e. The third-order valence-corrected chi connectivity index (χ3v) is 3.28. The quantitative estimate of drug-likeness (QED) is 0.844. The Labute approximate surface area is 103 Å². The summed E-state index contributed by atoms with van der Waals surface area (Å²) in [5.41, 5.74) is 1.13. The molecule has 0 saturated heterocycles. The molecule has 0 radical (unpaired) electrons. The molecule has 0 bridgehead atoms. The second kappa shape index (κ2) is 5.05. The maximum atomic E-state index is 11.0. The van der Waals surface area contributed by atoms with Crippen LogP contribution in [0.25, 0.3) is 0 Å². The minimum atomic E-state index is -0.913. The Morgan fingerprint density at radius 3 is 2.88 bits per heavy atom. The molecule has 0 amide bonds. The standard InChI is InChI=1S/C12H11NO3S/c1-8-6-9(13-16-8)7-17-11-5-3-2-4-10(11)12(14)15/h2-6H,7H2,1H3,(H,14,15). The molecule has 0 aliphatic rings. The summed E-state index contributed by atoms with van der Waals surface area (Å²) < 4.78 is 4.95. The van der Waals surface area contributed by atoms with Gasteiger partial charge in [0.25, 0.3) is 0 Å². The van der Waals surface area contributed by atoms with Crippen LogP contribution in [0.15, 0.2) is 39.8 Å². The minimum absolute atomic E-state index is 0.317. The van der Waals surface area contributed by atoms with Crippen LogP contribution in [0, 0.1) is 6.92 Å². The van der Waals surface area contributed by atoms with Gasteiger partial charge in [-0.05, 0) is 19.1 Å². The summed E-state index contributed by atoms with van der Waals surface area (Å²) in [6, 6.07) is 8.77. The van der Waals surface area contributed by atoms with Crippen LogP contribution in [0.1, 0.15) is 21.8 Å². The number of hydrogen-bond acceptors (Lipinski definition) is 4. The maximum absolute atomic E-state index is 11.0. The van der Waals surface area contributed by atoms with Gasteiger partial charge in [0.05, 0.1) is 11.3 Å². The van der Waals surface area contributed by atoms with Gasteiger partial charge in [-0.25, -0.2) is 4.79 Å². The summed E-state index contributed by atoms with van der Waals surface area (Å²) in [4.78, 5) is 11.7. The molecule has 0 unspecified atom stereocenters. The van der Waals surface area contributed by atoms with E-state index in [0.29, 0.717) is 11.3 Å². The molecule has 0 aliphatic carbocycles. The Hall–Kier alpha value is -1.75. The van der Waals surface area contributed by atoms with Crippen molar-refractivity contribution in [3.8, 4) is 0 Å². The fourth-order valence-electron chi connectivity index (χ4n) is 1.41. The SMILES string of the molecule is Cc1cc(CSc2ccccc2C(=O)O)no1. The molecule has 1 heterocycles. The van der Waals surface area contributed by atoms with E-state index in [1.165, 1.54) is 11.8 Å². The Bertz CT molecular complexity index is 536. The zero-order valence-corrected chi connectivity index (χ0v) is 10.0. The summed E-state index contributed by atoms with van der Waals surface area (Å²) in [5.74, 6) is 0.443. The van der Waals surface area contributed by atoms with Crippen LogP contribution in [0.3, 0.4) is 0 Å². The first-order valence-electron chi connectivity index (χ1n) is 5.04. The van der Waals surface area contributed by atoms with Gasteiger partial charge in [-0.3, -0.25) is 0 Å². The average Bonchev–Trinajstić information content (AvgIpc) is 2.73. The van der Waals surface area contributed by atoms with E-state index in [4.69, 9.17) is 9.63 Å². The van der Waals surface area contributed by atoms with Gasteiger partial charge in [-0.2, -0.15) is 0 Å². The van der Waals surface area contributed by atoms with Crippen molar-refractivity contribution in [2.45, 2.75) is 17.6 Å². The number of benzene rings is 1. The Kier molecular flexibility index (Phi) is 3.49. The van der Waals surface area contributed by atoms with Gasteiger partial charge in [0.15, 0.2) is 0 Å². The molecule has 0 spiro atoms. The van der Waals surface area contributed by atoms with Crippen molar-refractivity contribution in [2.24, 2.45) is 0 Å². The van der Waals surface area contributed by atoms with Gasteiger partial charge >= 0.3 is 5.97 Å². The molecule has 1 aromatic heterocycles. The molecular weight excluding hydrogens is 238 g/mol. The topological polar surface area (TPSA) is 63.3 Å². The van der Waals surface area contributed by atoms with Crippen molar-refractivity contribution in [3.05, 3.63) is 47.3 Å². The molecule has 2 rings (SSSR count). The van der Waals surface area contributed by atoms with Gasteiger partial charge in [0.2, 0.25) is 0 Å². The van der Waals surface area contributed by atoms with Gasteiger partial charge in [-0.1, -0.05) is 17.3 Å². The van der Waals surface area contributed by atoms with Crippen LogP contribution in [-0.2, 0) is 5.75 Å². The van der Waals surface area contributed by atoms with Crippen LogP contribution in [0.5, 0.6) is 0 Å². The van der Waals surface area contributed by atoms with E-state index in [9.17, 15) is 4.79 Å². The summed E-state index contributed by atoms with van der Waals surface area (Å²) in [7, 11) is 0. The van der Waals surface area contributed by atoms with E-state index in [2.05, 4.69) is 5.16 Å². The van der Waals surface area contributed by atoms with Gasteiger partial charge in [-0.15, -0.1) is 11.8 Å². The number of aromatic carboxylic acids is 1. The zero-order chi connectivity index (χ0) is 12.3. The number of hydrogen-bond donors (Lipinski definition) is 1. The average molecular weight is 249 g/mol. The van der Waals surface area contributed by atoms with Crippen LogP contribution >= 0.6 is 11.8 Å². The van der Waals surface area contributed by atoms with Crippen LogP contribution in [0.4, 0.5) is 0 Å². The molecule has 17 heavy (non-hydrogen) atoms. The number of carboxylic acid groups (broad SMARTS) is 1. The van der Waals surface area contributed by atoms with Crippen molar-refractivity contribution < 1.29 is 14.4 Å². The third kappa shape index (κ3) is 2.88. The number of aryl methyl sites for hydroxylation is 1. The first kappa shape index (κ1) is 11.7. The van der Waals surface area contributed by atoms with Crippen molar-refractivity contribution in [1.29, 1.82) is 0 Å². The van der Waals surface area contributed by atoms with E-state index < -0.39 is 5.97 Å². The number of carboxylic acids is 1. The normalized spacial score (nSPS) is 10.4. The first-order valence-corrected chi connectivity index (χ1v) is 6.02. The molecule has 1 aromatic carbocycles. The lowest BCUT2D eigenvalue weighted by Gasteiger charge is -2.03. The van der Waals surface area contributed by atoms with Crippen molar-refractivity contribution in [2.75, 3.05) is 0 Å². The lowest BCUT2D eigenvalue weighted by molar-refractivity contribution is 0.0693. The predicted molar refractivity (Wildman–Crippen MR) is 64.2 cm³/mol. The Morgan fingerprint density at radius 2 is 2.24 bits per heavy atom. The smallest absolute Gasteiger partial charge is 0.336 e. The summed E-state index contributed by atoms with van der Waals surface area (Å²) in [6.45, 7) is 1.83. The van der Waals surface area contributed by atoms with E-state index in [1.54, 1.807) is 18.2 Å². The van der Waals surface area contributed by atoms with Crippen molar-refractivity contribution >= 4 is 17.7 Å². The Morgan fingerprint density at radius 1 is 1.47 bits per heavy atom. The van der Waals surface area contributed by atoms with Gasteiger partial charge < -0.3 is 9.63 Å². The molecule has 0 atom stereocenters. The highest BCUT2D eigenvalue weighted by molar-refractivity contribution is 7.98. The fraction of sp³-hybridized carbons (Fsp3) is 0.167. The van der Waals surface area contributed by atoms with Gasteiger partial charge in [0, 0.05) is 16.7 Å². The highest BCUT2D eigenvalue weighted by Gasteiger charge is 2.10. The zero-order valence-electron chi connectivity index (χ0n) is 9.21. The number of nitrogens with zero attached hydrogens (tertiary/aromatic N) is 1. The summed E-state index contributed by atoms with van der Waals surface area (Å²) >= 11 is 1.44. The number of aromatic nitrogens is 1. The highest BCUT2D eigenvalue weighted by atomic mass is 32.2. The summed E-state index contributed by atoms with van der Waals surface area (Å²) in [5, 5.41) is 12.9. The third-order valence-electron chi connectivity index (χ3n) is 2.17. The molecule has 88 valence electrons. The molecule has 0 aliphatic heterocycles. The van der Waals surface area contributed by atoms with Crippen molar-refractivity contribution in [1.82, 2.24) is 5.16 Å².